The van der Waals surface area contributed by atoms with Crippen LogP contribution >= 0.6 is 0 Å². The third kappa shape index (κ3) is 7.22. The van der Waals surface area contributed by atoms with Crippen molar-refractivity contribution in [1.82, 2.24) is 10.6 Å². The highest BCUT2D eigenvalue weighted by molar-refractivity contribution is 7.86. The van der Waals surface area contributed by atoms with Gasteiger partial charge >= 0.3 is 5.97 Å². The van der Waals surface area contributed by atoms with E-state index in [1.807, 2.05) is 0 Å². The topological polar surface area (TPSA) is 113 Å². The van der Waals surface area contributed by atoms with Crippen molar-refractivity contribution in [2.75, 3.05) is 5.75 Å². The average Bonchev–Trinajstić information content (AvgIpc) is 2.23. The van der Waals surface area contributed by atoms with Crippen molar-refractivity contribution in [1.29, 1.82) is 0 Å². The van der Waals surface area contributed by atoms with Gasteiger partial charge in [0.1, 0.15) is 11.3 Å². The van der Waals surface area contributed by atoms with Gasteiger partial charge in [-0.3, -0.25) is 13.8 Å². The summed E-state index contributed by atoms with van der Waals surface area (Å²) in [6.07, 6.45) is 0. The monoisotopic (exact) mass is 306 g/mol. The molecule has 0 heterocycles. The summed E-state index contributed by atoms with van der Waals surface area (Å²) >= 11 is 0. The van der Waals surface area contributed by atoms with Crippen LogP contribution in [0, 0.1) is 0 Å². The molecule has 0 spiro atoms. The van der Waals surface area contributed by atoms with E-state index in [-0.39, 0.29) is 5.75 Å². The van der Waals surface area contributed by atoms with Crippen molar-refractivity contribution in [3.63, 3.8) is 0 Å². The van der Waals surface area contributed by atoms with Crippen molar-refractivity contribution < 1.29 is 23.7 Å². The molecule has 0 saturated carbocycles. The minimum absolute atomic E-state index is 0.312. The van der Waals surface area contributed by atoms with E-state index in [1.54, 1.807) is 20.8 Å². The molecule has 0 bridgehead atoms. The molecule has 0 radical (unpaired) electrons. The second-order valence-electron chi connectivity index (χ2n) is 5.52. The normalized spacial score (nSPS) is 15.8. The van der Waals surface area contributed by atoms with Crippen LogP contribution in [0.3, 0.4) is 0 Å². The highest BCUT2D eigenvalue weighted by Gasteiger charge is 2.28. The number of amides is 2. The third-order valence-electron chi connectivity index (χ3n) is 2.27. The second kappa shape index (κ2) is 7.37. The SMILES string of the molecule is CC(=O)N[C@@H](CS(=O)C(C)C(=O)NC(C)(C)C)C(=O)O. The largest absolute Gasteiger partial charge is 0.480 e. The number of nitrogens with one attached hydrogen (secondary N) is 2. The molecular formula is C12H22N2O5S. The van der Waals surface area contributed by atoms with Gasteiger partial charge in [-0.15, -0.1) is 0 Å². The smallest absolute Gasteiger partial charge is 0.327 e. The van der Waals surface area contributed by atoms with E-state index in [2.05, 4.69) is 10.6 Å². The number of carboxylic acid groups (broad SMARTS) is 1. The number of aliphatic carboxylic acids is 1. The van der Waals surface area contributed by atoms with Crippen LogP contribution in [0.2, 0.25) is 0 Å². The molecule has 20 heavy (non-hydrogen) atoms. The molecule has 0 aromatic rings. The molecule has 116 valence electrons. The van der Waals surface area contributed by atoms with Crippen LogP contribution in [0.4, 0.5) is 0 Å². The number of carbonyl (C=O) groups is 3. The van der Waals surface area contributed by atoms with Crippen LogP contribution < -0.4 is 10.6 Å². The summed E-state index contributed by atoms with van der Waals surface area (Å²) in [4.78, 5) is 33.7. The maximum Gasteiger partial charge on any atom is 0.327 e. The first-order valence-corrected chi connectivity index (χ1v) is 7.51. The molecule has 0 aliphatic carbocycles. The minimum Gasteiger partial charge on any atom is -0.480 e. The molecular weight excluding hydrogens is 284 g/mol. The van der Waals surface area contributed by atoms with E-state index in [1.165, 1.54) is 13.8 Å². The zero-order valence-corrected chi connectivity index (χ0v) is 13.2. The molecule has 2 amide bonds. The van der Waals surface area contributed by atoms with E-state index in [0.29, 0.717) is 0 Å². The van der Waals surface area contributed by atoms with Gasteiger partial charge in [0.25, 0.3) is 0 Å². The summed E-state index contributed by atoms with van der Waals surface area (Å²) in [7, 11) is -1.70. The predicted molar refractivity (Wildman–Crippen MR) is 75.6 cm³/mol. The molecule has 3 atom stereocenters. The average molecular weight is 306 g/mol. The van der Waals surface area contributed by atoms with Crippen molar-refractivity contribution in [3.8, 4) is 0 Å². The Hall–Kier alpha value is -1.44. The quantitative estimate of drug-likeness (QED) is 0.619. The number of carbonyl (C=O) groups excluding carboxylic acids is 2. The van der Waals surface area contributed by atoms with E-state index in [4.69, 9.17) is 5.11 Å². The molecule has 7 nitrogen and oxygen atoms in total. The summed E-state index contributed by atoms with van der Waals surface area (Å²) in [6.45, 7) is 8.01. The lowest BCUT2D eigenvalue weighted by molar-refractivity contribution is -0.140. The predicted octanol–water partition coefficient (Wildman–Crippen LogP) is -0.372. The second-order valence-corrected chi connectivity index (χ2v) is 7.32. The van der Waals surface area contributed by atoms with Gasteiger partial charge in [-0.1, -0.05) is 0 Å². The highest BCUT2D eigenvalue weighted by Crippen LogP contribution is 2.04. The van der Waals surface area contributed by atoms with Gasteiger partial charge in [-0.2, -0.15) is 0 Å². The number of rotatable bonds is 6. The molecule has 0 fully saturated rings. The summed E-state index contributed by atoms with van der Waals surface area (Å²) in [5.74, 6) is -2.53. The molecule has 0 aromatic heterocycles. The van der Waals surface area contributed by atoms with Gasteiger partial charge in [0, 0.05) is 23.3 Å². The number of hydrogen-bond donors (Lipinski definition) is 3. The molecule has 0 aromatic carbocycles. The van der Waals surface area contributed by atoms with Crippen molar-refractivity contribution in [2.45, 2.75) is 51.4 Å². The van der Waals surface area contributed by atoms with E-state index in [0.717, 1.165) is 0 Å². The van der Waals surface area contributed by atoms with Crippen molar-refractivity contribution >= 4 is 28.6 Å². The highest BCUT2D eigenvalue weighted by atomic mass is 32.2. The van der Waals surface area contributed by atoms with Crippen LogP contribution in [0.1, 0.15) is 34.6 Å². The summed E-state index contributed by atoms with van der Waals surface area (Å²) in [5.41, 5.74) is -0.459. The Labute approximate surface area is 121 Å². The standard InChI is InChI=1S/C12H22N2O5S/c1-7(10(16)14-12(3,4)5)20(19)6-9(11(17)18)13-8(2)15/h7,9H,6H2,1-5H3,(H,13,15)(H,14,16)(H,17,18)/t7?,9-,20?/m0/s1. The van der Waals surface area contributed by atoms with Gasteiger partial charge in [0.2, 0.25) is 11.8 Å². The lowest BCUT2D eigenvalue weighted by Crippen LogP contribution is -2.49. The lowest BCUT2D eigenvalue weighted by atomic mass is 10.1. The van der Waals surface area contributed by atoms with Gasteiger partial charge in [0.05, 0.1) is 5.75 Å². The first-order chi connectivity index (χ1) is 8.94. The molecule has 2 unspecified atom stereocenters. The van der Waals surface area contributed by atoms with E-state index >= 15 is 0 Å². The molecule has 0 aliphatic rings. The minimum atomic E-state index is -1.70. The number of carboxylic acids is 1. The van der Waals surface area contributed by atoms with E-state index < -0.39 is 45.4 Å². The van der Waals surface area contributed by atoms with Gasteiger partial charge < -0.3 is 15.7 Å². The third-order valence-corrected chi connectivity index (χ3v) is 3.93. The van der Waals surface area contributed by atoms with Crippen LogP contribution in [0.5, 0.6) is 0 Å². The summed E-state index contributed by atoms with van der Waals surface area (Å²) in [6, 6.07) is -1.27. The summed E-state index contributed by atoms with van der Waals surface area (Å²) in [5, 5.41) is 12.9. The Kier molecular flexibility index (Phi) is 6.84. The van der Waals surface area contributed by atoms with Crippen molar-refractivity contribution in [2.24, 2.45) is 0 Å². The fraction of sp³-hybridized carbons (Fsp3) is 0.750. The fourth-order valence-corrected chi connectivity index (χ4v) is 2.46. The maximum absolute atomic E-state index is 12.0. The Morgan fingerprint density at radius 2 is 1.75 bits per heavy atom. The van der Waals surface area contributed by atoms with Crippen molar-refractivity contribution in [3.05, 3.63) is 0 Å². The maximum atomic E-state index is 12.0. The van der Waals surface area contributed by atoms with E-state index in [9.17, 15) is 18.6 Å². The molecule has 8 heteroatoms. The van der Waals surface area contributed by atoms with Gasteiger partial charge in [-0.05, 0) is 27.7 Å². The molecule has 3 N–H and O–H groups in total. The van der Waals surface area contributed by atoms with Gasteiger partial charge in [0.15, 0.2) is 0 Å². The Morgan fingerprint density at radius 3 is 2.10 bits per heavy atom. The zero-order valence-electron chi connectivity index (χ0n) is 12.4. The number of hydrogen-bond acceptors (Lipinski definition) is 4. The summed E-state index contributed by atoms with van der Waals surface area (Å²) < 4.78 is 12.0. The Balaban J connectivity index is 4.68. The molecule has 0 aliphatic heterocycles. The Morgan fingerprint density at radius 1 is 1.25 bits per heavy atom. The zero-order chi connectivity index (χ0) is 16.1. The van der Waals surface area contributed by atoms with Crippen LogP contribution in [-0.2, 0) is 25.2 Å². The Bertz CT molecular complexity index is 417. The molecule has 0 rings (SSSR count). The van der Waals surface area contributed by atoms with Crippen LogP contribution in [-0.4, -0.2) is 49.7 Å². The van der Waals surface area contributed by atoms with Crippen LogP contribution in [0.15, 0.2) is 0 Å². The lowest BCUT2D eigenvalue weighted by Gasteiger charge is -2.23. The fourth-order valence-electron chi connectivity index (χ4n) is 1.32. The molecule has 0 saturated heterocycles. The first kappa shape index (κ1) is 18.6. The van der Waals surface area contributed by atoms with Crippen LogP contribution in [0.25, 0.3) is 0 Å². The van der Waals surface area contributed by atoms with Gasteiger partial charge in [-0.25, -0.2) is 4.79 Å². The first-order valence-electron chi connectivity index (χ1n) is 6.13.